The lowest BCUT2D eigenvalue weighted by Crippen LogP contribution is -2.12. The van der Waals surface area contributed by atoms with Gasteiger partial charge in [-0.1, -0.05) is 0 Å². The highest BCUT2D eigenvalue weighted by atomic mass is 32.2. The Morgan fingerprint density at radius 1 is 1.19 bits per heavy atom. The third kappa shape index (κ3) is 4.67. The molecule has 2 N–H and O–H groups in total. The molecule has 1 atom stereocenters. The lowest BCUT2D eigenvalue weighted by atomic mass is 10.1. The third-order valence-electron chi connectivity index (χ3n) is 4.93. The molecule has 0 spiro atoms. The van der Waals surface area contributed by atoms with Crippen LogP contribution in [0.3, 0.4) is 0 Å². The summed E-state index contributed by atoms with van der Waals surface area (Å²) >= 11 is 1.39. The average molecular weight is 455 g/mol. The topological polar surface area (TPSA) is 54.8 Å². The molecule has 1 aliphatic heterocycles. The first-order valence-electron chi connectivity index (χ1n) is 9.37. The second-order valence-electron chi connectivity index (χ2n) is 7.06. The summed E-state index contributed by atoms with van der Waals surface area (Å²) < 4.78 is 69.1. The molecule has 2 aromatic heterocycles. The fourth-order valence-corrected chi connectivity index (χ4v) is 3.97. The predicted octanol–water partition coefficient (Wildman–Crippen LogP) is 5.37. The predicted molar refractivity (Wildman–Crippen MR) is 108 cm³/mol. The number of halogens is 5. The molecule has 0 radical (unpaired) electrons. The van der Waals surface area contributed by atoms with Gasteiger partial charge in [-0.05, 0) is 49.3 Å². The number of fused-ring (bicyclic) bond motifs is 1. The molecule has 0 saturated carbocycles. The molecule has 164 valence electrons. The van der Waals surface area contributed by atoms with Crippen molar-refractivity contribution in [3.63, 3.8) is 0 Å². The molecule has 11 heteroatoms. The molecular weight excluding hydrogens is 437 g/mol. The van der Waals surface area contributed by atoms with Crippen LogP contribution in [0.4, 0.5) is 33.5 Å². The summed E-state index contributed by atoms with van der Waals surface area (Å²) in [6, 6.07) is 7.70. The summed E-state index contributed by atoms with van der Waals surface area (Å²) in [6.07, 6.45) is -4.17. The Morgan fingerprint density at radius 3 is 2.61 bits per heavy atom. The number of benzene rings is 1. The molecule has 0 amide bonds. The van der Waals surface area contributed by atoms with Crippen molar-refractivity contribution in [2.75, 3.05) is 12.4 Å². The van der Waals surface area contributed by atoms with E-state index in [1.54, 1.807) is 23.9 Å². The van der Waals surface area contributed by atoms with Gasteiger partial charge in [-0.3, -0.25) is 4.72 Å². The summed E-state index contributed by atoms with van der Waals surface area (Å²) in [7, 11) is 1.78. The Labute approximate surface area is 179 Å². The van der Waals surface area contributed by atoms with Gasteiger partial charge in [0.2, 0.25) is 6.43 Å². The van der Waals surface area contributed by atoms with E-state index in [1.165, 1.54) is 18.0 Å². The van der Waals surface area contributed by atoms with E-state index < -0.39 is 24.1 Å². The summed E-state index contributed by atoms with van der Waals surface area (Å²) in [4.78, 5) is 9.28. The molecule has 3 heterocycles. The fourth-order valence-electron chi connectivity index (χ4n) is 3.42. The molecule has 3 aromatic rings. The Kier molecular flexibility index (Phi) is 5.89. The van der Waals surface area contributed by atoms with E-state index in [2.05, 4.69) is 20.0 Å². The van der Waals surface area contributed by atoms with Crippen molar-refractivity contribution in [3.8, 4) is 11.3 Å². The van der Waals surface area contributed by atoms with E-state index in [0.29, 0.717) is 22.8 Å². The van der Waals surface area contributed by atoms with E-state index >= 15 is 0 Å². The van der Waals surface area contributed by atoms with Crippen molar-refractivity contribution < 1.29 is 22.0 Å². The summed E-state index contributed by atoms with van der Waals surface area (Å²) in [5, 5.41) is 3.03. The Hall–Kier alpha value is -2.66. The lowest BCUT2D eigenvalue weighted by Gasteiger charge is -2.13. The maximum absolute atomic E-state index is 13.0. The number of alkyl halides is 5. The Balaban J connectivity index is 1.65. The number of nitrogens with one attached hydrogen (secondary N) is 2. The molecular formula is C20H18F5N5S. The van der Waals surface area contributed by atoms with Crippen molar-refractivity contribution in [1.82, 2.24) is 19.3 Å². The normalized spacial score (nSPS) is 16.0. The van der Waals surface area contributed by atoms with Gasteiger partial charge in [0.15, 0.2) is 0 Å². The van der Waals surface area contributed by atoms with Crippen molar-refractivity contribution in [1.29, 1.82) is 0 Å². The standard InChI is InChI=1S/C20H18F5N5S/c1-26-31-13-3-4-15(28-17-5-2-12(8-27-17)20(23,24)25)14(7-13)16-10-30-9-11(19(21)22)6-18(30)29-16/h2-5,7-8,10-11,19,26H,6,9H2,1H3,(H,27,28). The molecule has 1 aliphatic rings. The van der Waals surface area contributed by atoms with Gasteiger partial charge in [0.1, 0.15) is 11.6 Å². The van der Waals surface area contributed by atoms with Gasteiger partial charge in [0.05, 0.1) is 11.3 Å². The van der Waals surface area contributed by atoms with E-state index in [4.69, 9.17) is 0 Å². The number of rotatable bonds is 6. The van der Waals surface area contributed by atoms with Gasteiger partial charge in [-0.15, -0.1) is 0 Å². The van der Waals surface area contributed by atoms with Gasteiger partial charge >= 0.3 is 6.18 Å². The van der Waals surface area contributed by atoms with E-state index in [9.17, 15) is 22.0 Å². The van der Waals surface area contributed by atoms with Crippen LogP contribution in [0.1, 0.15) is 11.4 Å². The van der Waals surface area contributed by atoms with Crippen LogP contribution in [0, 0.1) is 5.92 Å². The highest BCUT2D eigenvalue weighted by molar-refractivity contribution is 7.97. The van der Waals surface area contributed by atoms with Crippen molar-refractivity contribution >= 4 is 23.5 Å². The minimum absolute atomic E-state index is 0.200. The van der Waals surface area contributed by atoms with Crippen LogP contribution in [-0.4, -0.2) is 28.0 Å². The molecule has 0 aliphatic carbocycles. The fraction of sp³-hybridized carbons (Fsp3) is 0.300. The van der Waals surface area contributed by atoms with Crippen LogP contribution in [0.15, 0.2) is 47.6 Å². The van der Waals surface area contributed by atoms with Crippen molar-refractivity contribution in [3.05, 3.63) is 54.1 Å². The van der Waals surface area contributed by atoms with Crippen LogP contribution >= 0.6 is 11.9 Å². The quantitative estimate of drug-likeness (QED) is 0.387. The smallest absolute Gasteiger partial charge is 0.340 e. The molecule has 0 fully saturated rings. The number of imidazole rings is 1. The Morgan fingerprint density at radius 2 is 2.00 bits per heavy atom. The van der Waals surface area contributed by atoms with Gasteiger partial charge in [0.25, 0.3) is 0 Å². The second kappa shape index (κ2) is 8.46. The van der Waals surface area contributed by atoms with Crippen LogP contribution < -0.4 is 10.0 Å². The van der Waals surface area contributed by atoms with E-state index in [1.807, 2.05) is 12.1 Å². The highest BCUT2D eigenvalue weighted by Crippen LogP contribution is 2.36. The summed E-state index contributed by atoms with van der Waals surface area (Å²) in [6.45, 7) is 0.203. The van der Waals surface area contributed by atoms with Gasteiger partial charge < -0.3 is 9.88 Å². The zero-order valence-electron chi connectivity index (χ0n) is 16.3. The second-order valence-corrected chi connectivity index (χ2v) is 8.15. The number of aromatic nitrogens is 3. The number of anilines is 2. The van der Waals surface area contributed by atoms with Crippen molar-refractivity contribution in [2.24, 2.45) is 5.92 Å². The van der Waals surface area contributed by atoms with Crippen molar-refractivity contribution in [2.45, 2.75) is 30.5 Å². The first kappa shape index (κ1) is 21.6. The molecule has 1 aromatic carbocycles. The van der Waals surface area contributed by atoms with E-state index in [0.717, 1.165) is 17.2 Å². The number of hydrogen-bond acceptors (Lipinski definition) is 5. The maximum Gasteiger partial charge on any atom is 0.417 e. The Bertz CT molecular complexity index is 1040. The lowest BCUT2D eigenvalue weighted by molar-refractivity contribution is -0.137. The molecule has 4 rings (SSSR count). The first-order chi connectivity index (χ1) is 14.7. The molecule has 5 nitrogen and oxygen atoms in total. The maximum atomic E-state index is 13.0. The van der Waals surface area contributed by atoms with Gasteiger partial charge in [-0.2, -0.15) is 13.2 Å². The number of hydrogen-bond donors (Lipinski definition) is 2. The molecule has 1 unspecified atom stereocenters. The zero-order chi connectivity index (χ0) is 22.2. The van der Waals surface area contributed by atoms with Gasteiger partial charge in [-0.25, -0.2) is 18.7 Å². The van der Waals surface area contributed by atoms with Crippen LogP contribution in [-0.2, 0) is 19.1 Å². The SMILES string of the molecule is CNSc1ccc(Nc2ccc(C(F)(F)F)cn2)c(-c2cn3c(n2)CC(C(F)F)C3)c1. The first-order valence-corrected chi connectivity index (χ1v) is 10.2. The molecule has 0 saturated heterocycles. The summed E-state index contributed by atoms with van der Waals surface area (Å²) in [5.41, 5.74) is 1.04. The van der Waals surface area contributed by atoms with Crippen LogP contribution in [0.5, 0.6) is 0 Å². The summed E-state index contributed by atoms with van der Waals surface area (Å²) in [5.74, 6) is 0.0926. The average Bonchev–Trinajstić information content (AvgIpc) is 3.28. The molecule has 31 heavy (non-hydrogen) atoms. The minimum Gasteiger partial charge on any atom is -0.340 e. The zero-order valence-corrected chi connectivity index (χ0v) is 17.1. The minimum atomic E-state index is -4.46. The number of nitrogens with zero attached hydrogens (tertiary/aromatic N) is 3. The monoisotopic (exact) mass is 455 g/mol. The molecule has 0 bridgehead atoms. The van der Waals surface area contributed by atoms with E-state index in [-0.39, 0.29) is 18.8 Å². The van der Waals surface area contributed by atoms with Crippen LogP contribution in [0.2, 0.25) is 0 Å². The number of pyridine rings is 1. The van der Waals surface area contributed by atoms with Gasteiger partial charge in [0, 0.05) is 47.4 Å². The highest BCUT2D eigenvalue weighted by Gasteiger charge is 2.31. The van der Waals surface area contributed by atoms with Crippen LogP contribution in [0.25, 0.3) is 11.3 Å². The third-order valence-corrected chi connectivity index (χ3v) is 5.63. The largest absolute Gasteiger partial charge is 0.417 e.